The van der Waals surface area contributed by atoms with Crippen molar-refractivity contribution in [3.8, 4) is 22.8 Å². The molecule has 1 atom stereocenters. The summed E-state index contributed by atoms with van der Waals surface area (Å²) in [5.41, 5.74) is 1.88. The van der Waals surface area contributed by atoms with Crippen LogP contribution in [0.3, 0.4) is 0 Å². The van der Waals surface area contributed by atoms with Crippen LogP contribution in [0.2, 0.25) is 0 Å². The molecule has 0 fully saturated rings. The van der Waals surface area contributed by atoms with E-state index in [1.54, 1.807) is 6.20 Å². The number of hydrogen-bond donors (Lipinski definition) is 0. The average molecular weight is 388 g/mol. The van der Waals surface area contributed by atoms with Crippen molar-refractivity contribution in [2.75, 3.05) is 13.2 Å². The van der Waals surface area contributed by atoms with Crippen LogP contribution in [0, 0.1) is 0 Å². The van der Waals surface area contributed by atoms with Gasteiger partial charge < -0.3 is 9.47 Å². The number of nitrogens with zero attached hydrogens (tertiary/aromatic N) is 1. The lowest BCUT2D eigenvalue weighted by atomic mass is 10.1. The zero-order chi connectivity index (χ0) is 20.0. The van der Waals surface area contributed by atoms with Gasteiger partial charge in [-0.2, -0.15) is 0 Å². The first kappa shape index (κ1) is 22.2. The van der Waals surface area contributed by atoms with Crippen LogP contribution >= 0.6 is 0 Å². The Morgan fingerprint density at radius 3 is 2.21 bits per heavy atom. The van der Waals surface area contributed by atoms with Gasteiger partial charge in [-0.15, -0.1) is 0 Å². The van der Waals surface area contributed by atoms with Crippen molar-refractivity contribution in [1.82, 2.24) is 4.98 Å². The standard InChI is InChI=1S/C24H34FNO2/c1-3-5-7-8-10-21(25)19-28-23-15-16-24(26-18-23)20-11-13-22(14-12-20)27-17-9-6-4-2/h11-16,18,21H,3-10,17,19H2,1-2H3. The van der Waals surface area contributed by atoms with Crippen molar-refractivity contribution in [1.29, 1.82) is 0 Å². The van der Waals surface area contributed by atoms with Gasteiger partial charge in [0.2, 0.25) is 0 Å². The van der Waals surface area contributed by atoms with Gasteiger partial charge in [0.05, 0.1) is 18.5 Å². The van der Waals surface area contributed by atoms with E-state index >= 15 is 0 Å². The van der Waals surface area contributed by atoms with Crippen LogP contribution in [0.1, 0.15) is 65.2 Å². The SMILES string of the molecule is CCCCCCC(F)COc1ccc(-c2ccc(OCCCCC)cc2)nc1. The molecule has 1 unspecified atom stereocenters. The van der Waals surface area contributed by atoms with E-state index in [0.29, 0.717) is 12.2 Å². The Hall–Kier alpha value is -2.10. The zero-order valence-electron chi connectivity index (χ0n) is 17.3. The van der Waals surface area contributed by atoms with Crippen molar-refractivity contribution in [2.24, 2.45) is 0 Å². The topological polar surface area (TPSA) is 31.4 Å². The molecule has 0 bridgehead atoms. The number of halogens is 1. The van der Waals surface area contributed by atoms with Crippen LogP contribution in [-0.2, 0) is 0 Å². The third kappa shape index (κ3) is 8.28. The maximum absolute atomic E-state index is 13.9. The minimum Gasteiger partial charge on any atom is -0.494 e. The lowest BCUT2D eigenvalue weighted by Gasteiger charge is -2.11. The largest absolute Gasteiger partial charge is 0.494 e. The van der Waals surface area contributed by atoms with Gasteiger partial charge in [-0.1, -0.05) is 52.4 Å². The Balaban J connectivity index is 1.77. The molecule has 0 N–H and O–H groups in total. The fraction of sp³-hybridized carbons (Fsp3) is 0.542. The second kappa shape index (κ2) is 13.1. The minimum atomic E-state index is -0.915. The maximum atomic E-state index is 13.9. The molecule has 154 valence electrons. The van der Waals surface area contributed by atoms with Gasteiger partial charge in [0.25, 0.3) is 0 Å². The van der Waals surface area contributed by atoms with Crippen LogP contribution in [0.25, 0.3) is 11.3 Å². The molecule has 1 heterocycles. The van der Waals surface area contributed by atoms with Crippen LogP contribution in [0.5, 0.6) is 11.5 Å². The Morgan fingerprint density at radius 2 is 1.54 bits per heavy atom. The van der Waals surface area contributed by atoms with Crippen molar-refractivity contribution in [3.05, 3.63) is 42.6 Å². The monoisotopic (exact) mass is 387 g/mol. The second-order valence-corrected chi connectivity index (χ2v) is 7.22. The average Bonchev–Trinajstić information content (AvgIpc) is 2.74. The fourth-order valence-electron chi connectivity index (χ4n) is 2.96. The van der Waals surface area contributed by atoms with Gasteiger partial charge in [-0.25, -0.2) is 4.39 Å². The van der Waals surface area contributed by atoms with Gasteiger partial charge in [0.15, 0.2) is 0 Å². The first-order valence-electron chi connectivity index (χ1n) is 10.7. The summed E-state index contributed by atoms with van der Waals surface area (Å²) in [6.45, 7) is 5.19. The summed E-state index contributed by atoms with van der Waals surface area (Å²) in [5.74, 6) is 1.49. The molecule has 3 nitrogen and oxygen atoms in total. The van der Waals surface area contributed by atoms with E-state index in [4.69, 9.17) is 9.47 Å². The number of ether oxygens (including phenoxy) is 2. The highest BCUT2D eigenvalue weighted by Crippen LogP contribution is 2.23. The molecule has 0 saturated carbocycles. The number of alkyl halides is 1. The number of rotatable bonds is 14. The summed E-state index contributed by atoms with van der Waals surface area (Å²) in [6.07, 6.45) is 9.14. The molecule has 0 aliphatic heterocycles. The molecule has 0 amide bonds. The van der Waals surface area contributed by atoms with Gasteiger partial charge in [0.1, 0.15) is 24.3 Å². The van der Waals surface area contributed by atoms with Crippen molar-refractivity contribution in [2.45, 2.75) is 71.4 Å². The minimum absolute atomic E-state index is 0.0945. The number of aromatic nitrogens is 1. The molecular weight excluding hydrogens is 353 g/mol. The summed E-state index contributed by atoms with van der Waals surface area (Å²) < 4.78 is 25.2. The Kier molecular flexibility index (Phi) is 10.4. The van der Waals surface area contributed by atoms with Crippen molar-refractivity contribution >= 4 is 0 Å². The van der Waals surface area contributed by atoms with Gasteiger partial charge in [-0.05, 0) is 49.2 Å². The summed E-state index contributed by atoms with van der Waals surface area (Å²) >= 11 is 0. The van der Waals surface area contributed by atoms with Crippen LogP contribution in [-0.4, -0.2) is 24.4 Å². The highest BCUT2D eigenvalue weighted by Gasteiger charge is 2.08. The smallest absolute Gasteiger partial charge is 0.137 e. The predicted octanol–water partition coefficient (Wildman–Crippen LogP) is 7.00. The van der Waals surface area contributed by atoms with Crippen LogP contribution in [0.4, 0.5) is 4.39 Å². The van der Waals surface area contributed by atoms with Crippen molar-refractivity contribution < 1.29 is 13.9 Å². The lowest BCUT2D eigenvalue weighted by Crippen LogP contribution is -2.12. The summed E-state index contributed by atoms with van der Waals surface area (Å²) in [6, 6.07) is 11.7. The van der Waals surface area contributed by atoms with E-state index in [1.165, 1.54) is 25.7 Å². The van der Waals surface area contributed by atoms with Gasteiger partial charge in [-0.3, -0.25) is 4.98 Å². The van der Waals surface area contributed by atoms with Gasteiger partial charge >= 0.3 is 0 Å². The molecule has 4 heteroatoms. The number of hydrogen-bond acceptors (Lipinski definition) is 3. The third-order valence-electron chi connectivity index (χ3n) is 4.70. The van der Waals surface area contributed by atoms with Gasteiger partial charge in [0, 0.05) is 5.56 Å². The lowest BCUT2D eigenvalue weighted by molar-refractivity contribution is 0.183. The Bertz CT molecular complexity index is 643. The van der Waals surface area contributed by atoms with E-state index < -0.39 is 6.17 Å². The first-order valence-corrected chi connectivity index (χ1v) is 10.7. The molecule has 0 spiro atoms. The Morgan fingerprint density at radius 1 is 0.821 bits per heavy atom. The zero-order valence-corrected chi connectivity index (χ0v) is 17.3. The molecular formula is C24H34FNO2. The van der Waals surface area contributed by atoms with E-state index in [0.717, 1.165) is 42.9 Å². The molecule has 0 aliphatic rings. The molecule has 0 saturated heterocycles. The Labute approximate surface area is 169 Å². The van der Waals surface area contributed by atoms with Crippen molar-refractivity contribution in [3.63, 3.8) is 0 Å². The summed E-state index contributed by atoms with van der Waals surface area (Å²) in [4.78, 5) is 4.44. The van der Waals surface area contributed by atoms with Crippen LogP contribution in [0.15, 0.2) is 42.6 Å². The van der Waals surface area contributed by atoms with E-state index in [1.807, 2.05) is 36.4 Å². The van der Waals surface area contributed by atoms with E-state index in [2.05, 4.69) is 18.8 Å². The quantitative estimate of drug-likeness (QED) is 0.327. The summed E-state index contributed by atoms with van der Waals surface area (Å²) in [7, 11) is 0. The number of pyridine rings is 1. The highest BCUT2D eigenvalue weighted by molar-refractivity contribution is 5.60. The first-order chi connectivity index (χ1) is 13.7. The van der Waals surface area contributed by atoms with E-state index in [-0.39, 0.29) is 6.61 Å². The number of unbranched alkanes of at least 4 members (excludes halogenated alkanes) is 5. The predicted molar refractivity (Wildman–Crippen MR) is 114 cm³/mol. The normalized spacial score (nSPS) is 12.0. The molecule has 28 heavy (non-hydrogen) atoms. The molecule has 1 aromatic heterocycles. The molecule has 0 radical (unpaired) electrons. The third-order valence-corrected chi connectivity index (χ3v) is 4.70. The molecule has 0 aliphatic carbocycles. The molecule has 2 aromatic rings. The summed E-state index contributed by atoms with van der Waals surface area (Å²) in [5, 5.41) is 0. The number of benzene rings is 1. The molecule has 2 rings (SSSR count). The second-order valence-electron chi connectivity index (χ2n) is 7.22. The van der Waals surface area contributed by atoms with E-state index in [9.17, 15) is 4.39 Å². The highest BCUT2D eigenvalue weighted by atomic mass is 19.1. The molecule has 1 aromatic carbocycles. The maximum Gasteiger partial charge on any atom is 0.137 e. The van der Waals surface area contributed by atoms with Crippen LogP contribution < -0.4 is 9.47 Å². The fourth-order valence-corrected chi connectivity index (χ4v) is 2.96.